The van der Waals surface area contributed by atoms with E-state index < -0.39 is 0 Å². The van der Waals surface area contributed by atoms with Gasteiger partial charge in [0.15, 0.2) is 0 Å². The van der Waals surface area contributed by atoms with E-state index in [0.29, 0.717) is 5.56 Å². The topological polar surface area (TPSA) is 46.1 Å². The average Bonchev–Trinajstić information content (AvgIpc) is 2.74. The molecule has 1 aliphatic heterocycles. The van der Waals surface area contributed by atoms with E-state index in [-0.39, 0.29) is 17.8 Å². The van der Waals surface area contributed by atoms with E-state index in [1.165, 1.54) is 12.1 Å². The number of hydrogen-bond donors (Lipinski definition) is 0. The van der Waals surface area contributed by atoms with Gasteiger partial charge in [0.05, 0.1) is 17.3 Å². The van der Waals surface area contributed by atoms with Gasteiger partial charge in [-0.05, 0) is 55.2 Å². The van der Waals surface area contributed by atoms with Crippen molar-refractivity contribution in [3.63, 3.8) is 0 Å². The molecule has 0 radical (unpaired) electrons. The molecule has 1 amide bonds. The third-order valence-corrected chi connectivity index (χ3v) is 4.96. The van der Waals surface area contributed by atoms with E-state index >= 15 is 0 Å². The Morgan fingerprint density at radius 3 is 2.74 bits per heavy atom. The Morgan fingerprint density at radius 2 is 2.00 bits per heavy atom. The largest absolute Gasteiger partial charge is 0.332 e. The molecule has 136 valence electrons. The molecule has 1 atom stereocenters. The molecular formula is C22H20FN3O. The molecule has 0 saturated carbocycles. The van der Waals surface area contributed by atoms with E-state index in [9.17, 15) is 9.18 Å². The average molecular weight is 361 g/mol. The highest BCUT2D eigenvalue weighted by molar-refractivity contribution is 5.94. The van der Waals surface area contributed by atoms with Gasteiger partial charge in [0, 0.05) is 30.7 Å². The third kappa shape index (κ3) is 3.72. The monoisotopic (exact) mass is 361 g/mol. The lowest BCUT2D eigenvalue weighted by Crippen LogP contribution is -2.38. The van der Waals surface area contributed by atoms with Crippen LogP contribution < -0.4 is 0 Å². The van der Waals surface area contributed by atoms with Gasteiger partial charge in [-0.15, -0.1) is 0 Å². The molecule has 3 aromatic rings. The maximum atomic E-state index is 13.4. The van der Waals surface area contributed by atoms with Crippen LogP contribution in [-0.4, -0.2) is 27.3 Å². The van der Waals surface area contributed by atoms with Gasteiger partial charge in [0.25, 0.3) is 5.91 Å². The Hall–Kier alpha value is -3.08. The van der Waals surface area contributed by atoms with Crippen molar-refractivity contribution in [1.29, 1.82) is 0 Å². The normalized spacial score (nSPS) is 16.9. The van der Waals surface area contributed by atoms with Gasteiger partial charge in [-0.2, -0.15) is 0 Å². The van der Waals surface area contributed by atoms with Crippen LogP contribution in [0.5, 0.6) is 0 Å². The highest BCUT2D eigenvalue weighted by atomic mass is 19.1. The Kier molecular flexibility index (Phi) is 4.92. The molecule has 1 aliphatic rings. The van der Waals surface area contributed by atoms with Gasteiger partial charge in [-0.1, -0.05) is 18.2 Å². The molecule has 1 saturated heterocycles. The highest BCUT2D eigenvalue weighted by Crippen LogP contribution is 2.32. The van der Waals surface area contributed by atoms with Crippen molar-refractivity contribution in [3.8, 4) is 11.3 Å². The second-order valence-electron chi connectivity index (χ2n) is 6.74. The van der Waals surface area contributed by atoms with Gasteiger partial charge in [-0.3, -0.25) is 14.8 Å². The predicted octanol–water partition coefficient (Wildman–Crippen LogP) is 4.65. The number of likely N-dealkylation sites (tertiary alicyclic amines) is 1. The summed E-state index contributed by atoms with van der Waals surface area (Å²) in [7, 11) is 0. The van der Waals surface area contributed by atoms with Gasteiger partial charge < -0.3 is 4.90 Å². The number of hydrogen-bond acceptors (Lipinski definition) is 3. The molecule has 1 unspecified atom stereocenters. The molecule has 1 aromatic carbocycles. The van der Waals surface area contributed by atoms with Crippen LogP contribution in [0.4, 0.5) is 4.39 Å². The zero-order valence-corrected chi connectivity index (χ0v) is 14.9. The molecule has 0 aliphatic carbocycles. The zero-order valence-electron chi connectivity index (χ0n) is 14.9. The second kappa shape index (κ2) is 7.66. The first-order chi connectivity index (χ1) is 13.2. The minimum atomic E-state index is -0.279. The van der Waals surface area contributed by atoms with Crippen molar-refractivity contribution in [3.05, 3.63) is 84.1 Å². The highest BCUT2D eigenvalue weighted by Gasteiger charge is 2.29. The van der Waals surface area contributed by atoms with Gasteiger partial charge in [-0.25, -0.2) is 4.39 Å². The number of pyridine rings is 2. The first-order valence-electron chi connectivity index (χ1n) is 9.15. The minimum absolute atomic E-state index is 0.000477. The summed E-state index contributed by atoms with van der Waals surface area (Å²) >= 11 is 0. The fourth-order valence-electron chi connectivity index (χ4n) is 3.60. The van der Waals surface area contributed by atoms with Crippen LogP contribution in [-0.2, 0) is 0 Å². The number of halogens is 1. The van der Waals surface area contributed by atoms with E-state index in [1.807, 2.05) is 23.1 Å². The van der Waals surface area contributed by atoms with Crippen molar-refractivity contribution in [2.24, 2.45) is 0 Å². The smallest absolute Gasteiger partial charge is 0.255 e. The van der Waals surface area contributed by atoms with Crippen molar-refractivity contribution in [1.82, 2.24) is 14.9 Å². The number of rotatable bonds is 3. The molecule has 0 spiro atoms. The summed E-state index contributed by atoms with van der Waals surface area (Å²) in [6.45, 7) is 0.726. The number of piperidine rings is 1. The number of carbonyl (C=O) groups is 1. The molecule has 1 fully saturated rings. The summed E-state index contributed by atoms with van der Waals surface area (Å²) in [4.78, 5) is 23.4. The van der Waals surface area contributed by atoms with Crippen LogP contribution in [0.25, 0.3) is 11.3 Å². The molecular weight excluding hydrogens is 341 g/mol. The molecule has 5 heteroatoms. The second-order valence-corrected chi connectivity index (χ2v) is 6.74. The van der Waals surface area contributed by atoms with Crippen LogP contribution in [0.2, 0.25) is 0 Å². The standard InChI is InChI=1S/C22H20FN3O/c23-19-7-3-5-16(13-19)20-10-9-17(15-25-20)21-8-1-2-12-26(21)22(27)18-6-4-11-24-14-18/h3-7,9-11,13-15,21H,1-2,8,12H2. The fraction of sp³-hybridized carbons (Fsp3) is 0.227. The van der Waals surface area contributed by atoms with Crippen molar-refractivity contribution in [2.75, 3.05) is 6.54 Å². The number of amides is 1. The SMILES string of the molecule is O=C(c1cccnc1)N1CCCCC1c1ccc(-c2cccc(F)c2)nc1. The van der Waals surface area contributed by atoms with Crippen molar-refractivity contribution < 1.29 is 9.18 Å². The summed E-state index contributed by atoms with van der Waals surface area (Å²) in [6.07, 6.45) is 8.07. The lowest BCUT2D eigenvalue weighted by molar-refractivity contribution is 0.0611. The van der Waals surface area contributed by atoms with E-state index in [0.717, 1.165) is 42.6 Å². The zero-order chi connectivity index (χ0) is 18.6. The van der Waals surface area contributed by atoms with E-state index in [1.54, 1.807) is 36.8 Å². The maximum absolute atomic E-state index is 13.4. The Morgan fingerprint density at radius 1 is 1.07 bits per heavy atom. The van der Waals surface area contributed by atoms with Crippen LogP contribution in [0.1, 0.15) is 41.2 Å². The fourth-order valence-corrected chi connectivity index (χ4v) is 3.60. The Balaban J connectivity index is 1.59. The number of aromatic nitrogens is 2. The third-order valence-electron chi connectivity index (χ3n) is 4.96. The lowest BCUT2D eigenvalue weighted by Gasteiger charge is -2.36. The van der Waals surface area contributed by atoms with E-state index in [2.05, 4.69) is 9.97 Å². The van der Waals surface area contributed by atoms with E-state index in [4.69, 9.17) is 0 Å². The number of benzene rings is 1. The Bertz CT molecular complexity index is 928. The van der Waals surface area contributed by atoms with Crippen LogP contribution >= 0.6 is 0 Å². The number of nitrogens with zero attached hydrogens (tertiary/aromatic N) is 3. The van der Waals surface area contributed by atoms with Gasteiger partial charge in [0.1, 0.15) is 5.82 Å². The van der Waals surface area contributed by atoms with Gasteiger partial charge in [0.2, 0.25) is 0 Å². The molecule has 4 rings (SSSR count). The first kappa shape index (κ1) is 17.3. The summed E-state index contributed by atoms with van der Waals surface area (Å²) in [5, 5.41) is 0. The molecule has 3 heterocycles. The molecule has 2 aromatic heterocycles. The predicted molar refractivity (Wildman–Crippen MR) is 101 cm³/mol. The van der Waals surface area contributed by atoms with Crippen LogP contribution in [0.15, 0.2) is 67.1 Å². The van der Waals surface area contributed by atoms with Crippen LogP contribution in [0, 0.1) is 5.82 Å². The molecule has 0 N–H and O–H groups in total. The maximum Gasteiger partial charge on any atom is 0.255 e. The first-order valence-corrected chi connectivity index (χ1v) is 9.15. The van der Waals surface area contributed by atoms with Gasteiger partial charge >= 0.3 is 0 Å². The summed E-state index contributed by atoms with van der Waals surface area (Å²) < 4.78 is 13.4. The quantitative estimate of drug-likeness (QED) is 0.682. The summed E-state index contributed by atoms with van der Waals surface area (Å²) in [6, 6.07) is 13.9. The van der Waals surface area contributed by atoms with Crippen LogP contribution in [0.3, 0.4) is 0 Å². The molecule has 27 heavy (non-hydrogen) atoms. The summed E-state index contributed by atoms with van der Waals surface area (Å²) in [5.41, 5.74) is 3.08. The molecule has 0 bridgehead atoms. The van der Waals surface area contributed by atoms with Crippen molar-refractivity contribution in [2.45, 2.75) is 25.3 Å². The minimum Gasteiger partial charge on any atom is -0.332 e. The Labute approximate surface area is 157 Å². The lowest BCUT2D eigenvalue weighted by atomic mass is 9.95. The van der Waals surface area contributed by atoms with Crippen molar-refractivity contribution >= 4 is 5.91 Å². The summed E-state index contributed by atoms with van der Waals surface area (Å²) in [5.74, 6) is -0.277. The number of carbonyl (C=O) groups excluding carboxylic acids is 1. The molecule has 4 nitrogen and oxygen atoms in total.